The zero-order chi connectivity index (χ0) is 18.1. The number of likely N-dealkylation sites (tertiary alicyclic amines) is 2. The first kappa shape index (κ1) is 17.4. The van der Waals surface area contributed by atoms with Gasteiger partial charge in [0.1, 0.15) is 11.9 Å². The number of ether oxygens (including phenoxy) is 1. The highest BCUT2D eigenvalue weighted by molar-refractivity contribution is 5.86. The SMILES string of the molecule is CN1C(=O)CCCC1CN1CCC(Oc2cccc3c2ccn3C)CC1. The van der Waals surface area contributed by atoms with Crippen LogP contribution in [-0.4, -0.2) is 59.1 Å². The van der Waals surface area contributed by atoms with Crippen LogP contribution in [0.15, 0.2) is 30.5 Å². The maximum Gasteiger partial charge on any atom is 0.222 e. The van der Waals surface area contributed by atoms with Gasteiger partial charge in [0.05, 0.1) is 5.52 Å². The zero-order valence-electron chi connectivity index (χ0n) is 15.9. The molecule has 2 aromatic rings. The average Bonchev–Trinajstić information content (AvgIpc) is 3.03. The second kappa shape index (κ2) is 7.31. The Labute approximate surface area is 155 Å². The molecule has 1 aromatic carbocycles. The van der Waals surface area contributed by atoms with Crippen molar-refractivity contribution >= 4 is 16.8 Å². The van der Waals surface area contributed by atoms with Gasteiger partial charge in [-0.3, -0.25) is 4.79 Å². The van der Waals surface area contributed by atoms with Crippen molar-refractivity contribution in [1.29, 1.82) is 0 Å². The number of hydrogen-bond acceptors (Lipinski definition) is 3. The summed E-state index contributed by atoms with van der Waals surface area (Å²) in [4.78, 5) is 16.4. The summed E-state index contributed by atoms with van der Waals surface area (Å²) in [5.41, 5.74) is 1.21. The van der Waals surface area contributed by atoms with Crippen LogP contribution in [0.3, 0.4) is 0 Å². The standard InChI is InChI=1S/C21H29N3O2/c1-22-12-11-18-19(22)6-4-7-20(18)26-17-9-13-24(14-10-17)15-16-5-3-8-21(25)23(16)2/h4,6-7,11-12,16-17H,3,5,8-10,13-15H2,1-2H3. The van der Waals surface area contributed by atoms with E-state index in [-0.39, 0.29) is 6.10 Å². The number of fused-ring (bicyclic) bond motifs is 1. The Morgan fingerprint density at radius 3 is 2.73 bits per heavy atom. The van der Waals surface area contributed by atoms with Crippen LogP contribution in [-0.2, 0) is 11.8 Å². The second-order valence-corrected chi connectivity index (χ2v) is 7.78. The number of aryl methyl sites for hydroxylation is 1. The lowest BCUT2D eigenvalue weighted by atomic mass is 10.00. The van der Waals surface area contributed by atoms with E-state index >= 15 is 0 Å². The predicted octanol–water partition coefficient (Wildman–Crippen LogP) is 3.03. The van der Waals surface area contributed by atoms with Crippen LogP contribution < -0.4 is 4.74 Å². The van der Waals surface area contributed by atoms with Crippen molar-refractivity contribution in [3.63, 3.8) is 0 Å². The molecule has 2 saturated heterocycles. The molecule has 3 heterocycles. The molecule has 1 atom stereocenters. The van der Waals surface area contributed by atoms with Crippen molar-refractivity contribution in [1.82, 2.24) is 14.4 Å². The molecule has 1 amide bonds. The van der Waals surface area contributed by atoms with E-state index in [1.54, 1.807) is 0 Å². The van der Waals surface area contributed by atoms with Crippen molar-refractivity contribution in [2.45, 2.75) is 44.2 Å². The Hall–Kier alpha value is -2.01. The highest BCUT2D eigenvalue weighted by Crippen LogP contribution is 2.29. The highest BCUT2D eigenvalue weighted by Gasteiger charge is 2.28. The molecule has 0 N–H and O–H groups in total. The van der Waals surface area contributed by atoms with Gasteiger partial charge >= 0.3 is 0 Å². The molecular formula is C21H29N3O2. The second-order valence-electron chi connectivity index (χ2n) is 7.78. The maximum absolute atomic E-state index is 11.9. The predicted molar refractivity (Wildman–Crippen MR) is 103 cm³/mol. The van der Waals surface area contributed by atoms with Crippen LogP contribution >= 0.6 is 0 Å². The van der Waals surface area contributed by atoms with Crippen molar-refractivity contribution in [2.24, 2.45) is 7.05 Å². The number of nitrogens with zero attached hydrogens (tertiary/aromatic N) is 3. The summed E-state index contributed by atoms with van der Waals surface area (Å²) in [5, 5.41) is 1.19. The van der Waals surface area contributed by atoms with Crippen LogP contribution in [0.5, 0.6) is 5.75 Å². The first-order chi connectivity index (χ1) is 12.6. The first-order valence-electron chi connectivity index (χ1n) is 9.80. The van der Waals surface area contributed by atoms with Crippen LogP contribution in [0.4, 0.5) is 0 Å². The highest BCUT2D eigenvalue weighted by atomic mass is 16.5. The van der Waals surface area contributed by atoms with Crippen LogP contribution in [0.25, 0.3) is 10.9 Å². The first-order valence-corrected chi connectivity index (χ1v) is 9.80. The summed E-state index contributed by atoms with van der Waals surface area (Å²) in [5.74, 6) is 1.30. The molecule has 5 nitrogen and oxygen atoms in total. The fourth-order valence-electron chi connectivity index (χ4n) is 4.34. The molecular weight excluding hydrogens is 326 g/mol. The van der Waals surface area contributed by atoms with Gasteiger partial charge in [-0.25, -0.2) is 0 Å². The van der Waals surface area contributed by atoms with Crippen LogP contribution in [0, 0.1) is 0 Å². The van der Waals surface area contributed by atoms with Crippen molar-refractivity contribution < 1.29 is 9.53 Å². The van der Waals surface area contributed by atoms with E-state index < -0.39 is 0 Å². The van der Waals surface area contributed by atoms with Gasteiger partial charge in [0.25, 0.3) is 0 Å². The number of carbonyl (C=O) groups is 1. The van der Waals surface area contributed by atoms with Gasteiger partial charge < -0.3 is 19.1 Å². The minimum absolute atomic E-state index is 0.280. The summed E-state index contributed by atoms with van der Waals surface area (Å²) < 4.78 is 8.49. The van der Waals surface area contributed by atoms with E-state index in [4.69, 9.17) is 4.74 Å². The normalized spacial score (nSPS) is 22.9. The fourth-order valence-corrected chi connectivity index (χ4v) is 4.34. The minimum Gasteiger partial charge on any atom is -0.490 e. The summed E-state index contributed by atoms with van der Waals surface area (Å²) in [6, 6.07) is 8.80. The Balaban J connectivity index is 1.33. The van der Waals surface area contributed by atoms with Crippen molar-refractivity contribution in [3.05, 3.63) is 30.5 Å². The quantitative estimate of drug-likeness (QED) is 0.846. The lowest BCUT2D eigenvalue weighted by Crippen LogP contribution is -2.49. The number of carbonyl (C=O) groups excluding carboxylic acids is 1. The molecule has 0 spiro atoms. The van der Waals surface area contributed by atoms with E-state index in [2.05, 4.69) is 47.0 Å². The van der Waals surface area contributed by atoms with Gasteiger partial charge in [0, 0.05) is 57.8 Å². The third-order valence-electron chi connectivity index (χ3n) is 6.05. The van der Waals surface area contributed by atoms with Crippen LogP contribution in [0.2, 0.25) is 0 Å². The van der Waals surface area contributed by atoms with E-state index in [0.717, 1.165) is 51.1 Å². The average molecular weight is 355 g/mol. The molecule has 2 aliphatic rings. The molecule has 26 heavy (non-hydrogen) atoms. The molecule has 0 saturated carbocycles. The van der Waals surface area contributed by atoms with Gasteiger partial charge in [0.15, 0.2) is 0 Å². The van der Waals surface area contributed by atoms with E-state index in [0.29, 0.717) is 18.4 Å². The Morgan fingerprint density at radius 2 is 1.92 bits per heavy atom. The summed E-state index contributed by atoms with van der Waals surface area (Å²) >= 11 is 0. The molecule has 1 aromatic heterocycles. The lowest BCUT2D eigenvalue weighted by molar-refractivity contribution is -0.135. The lowest BCUT2D eigenvalue weighted by Gasteiger charge is -2.39. The Bertz CT molecular complexity index is 777. The molecule has 2 fully saturated rings. The fraction of sp³-hybridized carbons (Fsp3) is 0.571. The topological polar surface area (TPSA) is 37.7 Å². The van der Waals surface area contributed by atoms with Gasteiger partial charge in [-0.2, -0.15) is 0 Å². The van der Waals surface area contributed by atoms with Gasteiger partial charge in [-0.1, -0.05) is 6.07 Å². The number of benzene rings is 1. The Kier molecular flexibility index (Phi) is 4.90. The summed E-state index contributed by atoms with van der Waals surface area (Å²) in [7, 11) is 4.03. The summed E-state index contributed by atoms with van der Waals surface area (Å²) in [6.07, 6.45) is 7.35. The number of hydrogen-bond donors (Lipinski definition) is 0. The van der Waals surface area contributed by atoms with Gasteiger partial charge in [-0.15, -0.1) is 0 Å². The summed E-state index contributed by atoms with van der Waals surface area (Å²) in [6.45, 7) is 3.10. The third-order valence-corrected chi connectivity index (χ3v) is 6.05. The molecule has 1 unspecified atom stereocenters. The van der Waals surface area contributed by atoms with E-state index in [1.165, 1.54) is 10.9 Å². The molecule has 0 radical (unpaired) electrons. The number of amides is 1. The number of rotatable bonds is 4. The molecule has 4 rings (SSSR count). The maximum atomic E-state index is 11.9. The molecule has 2 aliphatic heterocycles. The third kappa shape index (κ3) is 3.45. The number of piperidine rings is 2. The molecule has 0 bridgehead atoms. The van der Waals surface area contributed by atoms with Crippen LogP contribution in [0.1, 0.15) is 32.1 Å². The largest absolute Gasteiger partial charge is 0.490 e. The van der Waals surface area contributed by atoms with Gasteiger partial charge in [0.2, 0.25) is 5.91 Å². The van der Waals surface area contributed by atoms with Crippen molar-refractivity contribution in [3.8, 4) is 5.75 Å². The molecule has 5 heteroatoms. The zero-order valence-corrected chi connectivity index (χ0v) is 15.9. The minimum atomic E-state index is 0.280. The Morgan fingerprint density at radius 1 is 1.12 bits per heavy atom. The molecule has 140 valence electrons. The monoisotopic (exact) mass is 355 g/mol. The molecule has 0 aliphatic carbocycles. The van der Waals surface area contributed by atoms with E-state index in [1.807, 2.05) is 11.9 Å². The smallest absolute Gasteiger partial charge is 0.222 e. The van der Waals surface area contributed by atoms with Crippen molar-refractivity contribution in [2.75, 3.05) is 26.7 Å². The number of likely N-dealkylation sites (N-methyl/N-ethyl adjacent to an activating group) is 1. The van der Waals surface area contributed by atoms with Gasteiger partial charge in [-0.05, 0) is 43.9 Å². The number of aromatic nitrogens is 1. The van der Waals surface area contributed by atoms with E-state index in [9.17, 15) is 4.79 Å².